The monoisotopic (exact) mass is 317 g/mol. The Balaban J connectivity index is 2.31. The summed E-state index contributed by atoms with van der Waals surface area (Å²) < 4.78 is 1.11. The molecule has 17 heavy (non-hydrogen) atoms. The molecule has 0 saturated carbocycles. The van der Waals surface area contributed by atoms with Gasteiger partial charge in [-0.3, -0.25) is 0 Å². The van der Waals surface area contributed by atoms with Gasteiger partial charge in [0.2, 0.25) is 0 Å². The van der Waals surface area contributed by atoms with E-state index in [0.29, 0.717) is 6.04 Å². The molecule has 0 fully saturated rings. The van der Waals surface area contributed by atoms with E-state index in [1.807, 2.05) is 23.9 Å². The summed E-state index contributed by atoms with van der Waals surface area (Å²) in [6, 6.07) is 8.93. The fourth-order valence-corrected chi connectivity index (χ4v) is 3.15. The van der Waals surface area contributed by atoms with Crippen LogP contribution in [-0.2, 0) is 0 Å². The number of hydrogen-bond acceptors (Lipinski definition) is 3. The first kappa shape index (κ1) is 15.0. The van der Waals surface area contributed by atoms with Crippen LogP contribution in [0.15, 0.2) is 33.6 Å². The lowest BCUT2D eigenvalue weighted by atomic mass is 10.2. The summed E-state index contributed by atoms with van der Waals surface area (Å²) in [6.07, 6.45) is 0.978. The van der Waals surface area contributed by atoms with Crippen LogP contribution in [0, 0.1) is 0 Å². The number of thioether (sulfide) groups is 1. The van der Waals surface area contributed by atoms with Crippen LogP contribution in [0.2, 0.25) is 0 Å². The molecular formula is C13H20BrNOS. The average Bonchev–Trinajstić information content (AvgIpc) is 2.27. The minimum absolute atomic E-state index is 0.203. The summed E-state index contributed by atoms with van der Waals surface area (Å²) in [4.78, 5) is 1.26. The molecule has 4 heteroatoms. The van der Waals surface area contributed by atoms with E-state index in [4.69, 9.17) is 0 Å². The lowest BCUT2D eigenvalue weighted by molar-refractivity contribution is 0.232. The molecule has 1 aromatic carbocycles. The molecule has 0 bridgehead atoms. The van der Waals surface area contributed by atoms with Gasteiger partial charge < -0.3 is 10.4 Å². The predicted octanol–water partition coefficient (Wildman–Crippen LogP) is 3.29. The van der Waals surface area contributed by atoms with Crippen LogP contribution in [0.3, 0.4) is 0 Å². The van der Waals surface area contributed by atoms with Crippen LogP contribution in [-0.4, -0.2) is 29.5 Å². The van der Waals surface area contributed by atoms with Crippen LogP contribution in [0.4, 0.5) is 0 Å². The Morgan fingerprint density at radius 2 is 2.18 bits per heavy atom. The van der Waals surface area contributed by atoms with Crippen LogP contribution in [0.25, 0.3) is 0 Å². The molecule has 1 rings (SSSR count). The number of nitrogens with one attached hydrogen (secondary N) is 1. The highest BCUT2D eigenvalue weighted by Gasteiger charge is 2.08. The minimum Gasteiger partial charge on any atom is -0.395 e. The fraction of sp³-hybridized carbons (Fsp3) is 0.538. The van der Waals surface area contributed by atoms with E-state index < -0.39 is 0 Å². The van der Waals surface area contributed by atoms with Gasteiger partial charge in [-0.2, -0.15) is 0 Å². The van der Waals surface area contributed by atoms with Crippen molar-refractivity contribution >= 4 is 27.7 Å². The van der Waals surface area contributed by atoms with Crippen LogP contribution in [0.5, 0.6) is 0 Å². The second kappa shape index (κ2) is 8.14. The molecule has 2 N–H and O–H groups in total. The smallest absolute Gasteiger partial charge is 0.0585 e. The molecule has 0 saturated heterocycles. The molecule has 0 spiro atoms. The Bertz CT molecular complexity index is 333. The average molecular weight is 318 g/mol. The zero-order valence-electron chi connectivity index (χ0n) is 10.3. The number of aliphatic hydroxyl groups excluding tert-OH is 1. The molecule has 0 aliphatic carbocycles. The molecule has 1 aromatic rings. The second-order valence-corrected chi connectivity index (χ2v) is 6.38. The van der Waals surface area contributed by atoms with Gasteiger partial charge in [0.15, 0.2) is 0 Å². The summed E-state index contributed by atoms with van der Waals surface area (Å²) >= 11 is 5.29. The summed E-state index contributed by atoms with van der Waals surface area (Å²) in [5.74, 6) is 1.02. The molecule has 0 aromatic heterocycles. The Kier molecular flexibility index (Phi) is 7.19. The van der Waals surface area contributed by atoms with Gasteiger partial charge in [-0.05, 0) is 30.4 Å². The molecular weight excluding hydrogens is 298 g/mol. The SMILES string of the molecule is CC(C)NC(CO)CCSc1cccc(Br)c1. The topological polar surface area (TPSA) is 32.3 Å². The van der Waals surface area contributed by atoms with Crippen molar-refractivity contribution in [1.82, 2.24) is 5.32 Å². The Hall–Kier alpha value is -0.0300. The quantitative estimate of drug-likeness (QED) is 0.757. The lowest BCUT2D eigenvalue weighted by Gasteiger charge is -2.18. The van der Waals surface area contributed by atoms with Crippen molar-refractivity contribution in [1.29, 1.82) is 0 Å². The Morgan fingerprint density at radius 3 is 2.76 bits per heavy atom. The van der Waals surface area contributed by atoms with E-state index in [9.17, 15) is 5.11 Å². The van der Waals surface area contributed by atoms with Gasteiger partial charge >= 0.3 is 0 Å². The highest BCUT2D eigenvalue weighted by Crippen LogP contribution is 2.22. The number of benzene rings is 1. The van der Waals surface area contributed by atoms with Crippen molar-refractivity contribution in [3.63, 3.8) is 0 Å². The molecule has 1 unspecified atom stereocenters. The zero-order valence-corrected chi connectivity index (χ0v) is 12.7. The van der Waals surface area contributed by atoms with Crippen LogP contribution in [0.1, 0.15) is 20.3 Å². The maximum Gasteiger partial charge on any atom is 0.0585 e. The highest BCUT2D eigenvalue weighted by atomic mass is 79.9. The van der Waals surface area contributed by atoms with E-state index in [2.05, 4.69) is 47.2 Å². The predicted molar refractivity (Wildman–Crippen MR) is 78.6 cm³/mol. The number of rotatable bonds is 7. The van der Waals surface area contributed by atoms with Gasteiger partial charge in [-0.15, -0.1) is 11.8 Å². The lowest BCUT2D eigenvalue weighted by Crippen LogP contribution is -2.37. The molecule has 2 nitrogen and oxygen atoms in total. The summed E-state index contributed by atoms with van der Waals surface area (Å²) in [5, 5.41) is 12.6. The third-order valence-corrected chi connectivity index (χ3v) is 3.84. The van der Waals surface area contributed by atoms with Gasteiger partial charge in [-0.25, -0.2) is 0 Å². The largest absolute Gasteiger partial charge is 0.395 e. The molecule has 0 aliphatic rings. The molecule has 0 heterocycles. The fourth-order valence-electron chi connectivity index (χ4n) is 1.57. The first-order chi connectivity index (χ1) is 8.11. The van der Waals surface area contributed by atoms with Crippen molar-refractivity contribution in [2.75, 3.05) is 12.4 Å². The van der Waals surface area contributed by atoms with E-state index in [-0.39, 0.29) is 12.6 Å². The first-order valence-electron chi connectivity index (χ1n) is 5.87. The molecule has 0 radical (unpaired) electrons. The van der Waals surface area contributed by atoms with Crippen molar-refractivity contribution in [2.45, 2.75) is 37.2 Å². The minimum atomic E-state index is 0.203. The molecule has 0 aliphatic heterocycles. The van der Waals surface area contributed by atoms with Crippen LogP contribution < -0.4 is 5.32 Å². The van der Waals surface area contributed by atoms with Crippen molar-refractivity contribution in [3.8, 4) is 0 Å². The van der Waals surface area contributed by atoms with E-state index in [1.165, 1.54) is 4.90 Å². The molecule has 1 atom stereocenters. The maximum absolute atomic E-state index is 9.24. The number of aliphatic hydroxyl groups is 1. The maximum atomic E-state index is 9.24. The standard InChI is InChI=1S/C13H20BrNOS/c1-10(2)15-12(9-16)6-7-17-13-5-3-4-11(14)8-13/h3-5,8,10,12,15-16H,6-7,9H2,1-2H3. The summed E-state index contributed by atoms with van der Waals surface area (Å²) in [7, 11) is 0. The Morgan fingerprint density at radius 1 is 1.41 bits per heavy atom. The van der Waals surface area contributed by atoms with Gasteiger partial charge in [-0.1, -0.05) is 35.8 Å². The van der Waals surface area contributed by atoms with Gasteiger partial charge in [0.05, 0.1) is 6.61 Å². The number of hydrogen-bond donors (Lipinski definition) is 2. The van der Waals surface area contributed by atoms with E-state index >= 15 is 0 Å². The third-order valence-electron chi connectivity index (χ3n) is 2.32. The van der Waals surface area contributed by atoms with Crippen molar-refractivity contribution < 1.29 is 5.11 Å². The Labute approximate surface area is 116 Å². The number of halogens is 1. The first-order valence-corrected chi connectivity index (χ1v) is 7.65. The summed E-state index contributed by atoms with van der Waals surface area (Å²) in [5.41, 5.74) is 0. The van der Waals surface area contributed by atoms with Crippen molar-refractivity contribution in [2.24, 2.45) is 0 Å². The normalized spacial score (nSPS) is 13.0. The third kappa shape index (κ3) is 6.46. The van der Waals surface area contributed by atoms with Crippen LogP contribution >= 0.6 is 27.7 Å². The second-order valence-electron chi connectivity index (χ2n) is 4.30. The zero-order chi connectivity index (χ0) is 12.7. The highest BCUT2D eigenvalue weighted by molar-refractivity contribution is 9.10. The molecule has 0 amide bonds. The van der Waals surface area contributed by atoms with Gasteiger partial charge in [0.25, 0.3) is 0 Å². The summed E-state index contributed by atoms with van der Waals surface area (Å²) in [6.45, 7) is 4.41. The van der Waals surface area contributed by atoms with Gasteiger partial charge in [0.1, 0.15) is 0 Å². The van der Waals surface area contributed by atoms with Crippen molar-refractivity contribution in [3.05, 3.63) is 28.7 Å². The molecule has 96 valence electrons. The van der Waals surface area contributed by atoms with Gasteiger partial charge in [0, 0.05) is 21.5 Å². The van der Waals surface area contributed by atoms with E-state index in [0.717, 1.165) is 16.6 Å². The van der Waals surface area contributed by atoms with E-state index in [1.54, 1.807) is 0 Å².